The number of carbonyl (C=O) groups excluding carboxylic acids is 2. The molecule has 1 saturated heterocycles. The van der Waals surface area contributed by atoms with Crippen LogP contribution < -0.4 is 0 Å². The van der Waals surface area contributed by atoms with E-state index in [0.29, 0.717) is 5.56 Å². The Morgan fingerprint density at radius 3 is 2.54 bits per heavy atom. The minimum atomic E-state index is -0.209. The fourth-order valence-electron chi connectivity index (χ4n) is 4.10. The first kappa shape index (κ1) is 15.1. The van der Waals surface area contributed by atoms with Crippen molar-refractivity contribution in [2.24, 2.45) is 5.92 Å². The van der Waals surface area contributed by atoms with E-state index in [0.717, 1.165) is 19.3 Å². The maximum absolute atomic E-state index is 13.1. The van der Waals surface area contributed by atoms with Gasteiger partial charge in [0, 0.05) is 12.1 Å². The maximum Gasteiger partial charge on any atom is 0.268 e. The van der Waals surface area contributed by atoms with Gasteiger partial charge in [-0.05, 0) is 36.6 Å². The van der Waals surface area contributed by atoms with E-state index in [2.05, 4.69) is 17.1 Å². The second-order valence-electron chi connectivity index (χ2n) is 6.53. The Bertz CT molecular complexity index is 774. The van der Waals surface area contributed by atoms with Crippen LogP contribution in [0, 0.1) is 5.92 Å². The lowest BCUT2D eigenvalue weighted by molar-refractivity contribution is -0.112. The van der Waals surface area contributed by atoms with E-state index in [9.17, 15) is 9.59 Å². The van der Waals surface area contributed by atoms with Crippen molar-refractivity contribution in [1.29, 1.82) is 0 Å². The predicted molar refractivity (Wildman–Crippen MR) is 91.2 cm³/mol. The molecule has 24 heavy (non-hydrogen) atoms. The predicted octanol–water partition coefficient (Wildman–Crippen LogP) is 2.86. The molecule has 0 radical (unpaired) electrons. The first-order valence-electron chi connectivity index (χ1n) is 8.40. The van der Waals surface area contributed by atoms with E-state index in [-0.39, 0.29) is 23.9 Å². The number of hydrogen-bond acceptors (Lipinski definition) is 3. The van der Waals surface area contributed by atoms with Crippen molar-refractivity contribution in [1.82, 2.24) is 10.0 Å². The summed E-state index contributed by atoms with van der Waals surface area (Å²) in [4.78, 5) is 24.9. The molecule has 1 amide bonds. The number of nitrogens with zero attached hydrogens (tertiary/aromatic N) is 2. The van der Waals surface area contributed by atoms with Gasteiger partial charge in [-0.25, -0.2) is 5.01 Å². The van der Waals surface area contributed by atoms with Crippen molar-refractivity contribution in [3.05, 3.63) is 71.3 Å². The molecule has 122 valence electrons. The standard InChI is InChI=1S/C20H20N2O2/c1-14-18(13-23)19-17-10-6-5-7-15(17)11-12-21(19)22(14)20(24)16-8-3-2-4-9-16/h2-10,13-14,18-19H,11-12H2,1H3. The largest absolute Gasteiger partial charge is 0.303 e. The van der Waals surface area contributed by atoms with E-state index < -0.39 is 0 Å². The Morgan fingerprint density at radius 1 is 1.08 bits per heavy atom. The molecule has 4 heteroatoms. The summed E-state index contributed by atoms with van der Waals surface area (Å²) in [5.74, 6) is -0.240. The molecule has 3 unspecified atom stereocenters. The second-order valence-corrected chi connectivity index (χ2v) is 6.53. The highest BCUT2D eigenvalue weighted by Gasteiger charge is 2.50. The summed E-state index contributed by atoms with van der Waals surface area (Å²) in [5, 5.41) is 3.90. The Hall–Kier alpha value is -2.46. The zero-order chi connectivity index (χ0) is 16.7. The SMILES string of the molecule is CC1C(C=O)C2c3ccccc3CCN2N1C(=O)c1ccccc1. The van der Waals surface area contributed by atoms with E-state index in [4.69, 9.17) is 0 Å². The third-order valence-electron chi connectivity index (χ3n) is 5.28. The van der Waals surface area contributed by atoms with Crippen LogP contribution in [-0.2, 0) is 11.2 Å². The number of amides is 1. The van der Waals surface area contributed by atoms with Gasteiger partial charge in [0.25, 0.3) is 5.91 Å². The summed E-state index contributed by atoms with van der Waals surface area (Å²) in [7, 11) is 0. The molecule has 0 aliphatic carbocycles. The Balaban J connectivity index is 1.76. The first-order valence-corrected chi connectivity index (χ1v) is 8.40. The smallest absolute Gasteiger partial charge is 0.268 e. The van der Waals surface area contributed by atoms with Gasteiger partial charge in [-0.2, -0.15) is 0 Å². The highest BCUT2D eigenvalue weighted by Crippen LogP contribution is 2.44. The monoisotopic (exact) mass is 320 g/mol. The van der Waals surface area contributed by atoms with E-state index >= 15 is 0 Å². The lowest BCUT2D eigenvalue weighted by atomic mass is 9.85. The lowest BCUT2D eigenvalue weighted by Gasteiger charge is -2.37. The van der Waals surface area contributed by atoms with Crippen molar-refractivity contribution in [2.75, 3.05) is 6.54 Å². The van der Waals surface area contributed by atoms with Gasteiger partial charge in [0.15, 0.2) is 0 Å². The topological polar surface area (TPSA) is 40.6 Å². The molecule has 3 atom stereocenters. The summed E-state index contributed by atoms with van der Waals surface area (Å²) in [6.07, 6.45) is 1.91. The molecule has 2 aliphatic heterocycles. The Morgan fingerprint density at radius 2 is 1.79 bits per heavy atom. The van der Waals surface area contributed by atoms with Crippen LogP contribution in [-0.4, -0.2) is 34.8 Å². The molecule has 4 rings (SSSR count). The number of carbonyl (C=O) groups is 2. The quantitative estimate of drug-likeness (QED) is 0.799. The van der Waals surface area contributed by atoms with E-state index in [1.807, 2.05) is 49.4 Å². The maximum atomic E-state index is 13.1. The number of rotatable bonds is 2. The van der Waals surface area contributed by atoms with Gasteiger partial charge in [0.05, 0.1) is 18.0 Å². The van der Waals surface area contributed by atoms with Crippen LogP contribution in [0.1, 0.15) is 34.5 Å². The molecule has 0 bridgehead atoms. The molecule has 2 aromatic rings. The minimum absolute atomic E-state index is 0.0307. The van der Waals surface area contributed by atoms with Gasteiger partial charge in [-0.3, -0.25) is 9.80 Å². The van der Waals surface area contributed by atoms with Gasteiger partial charge in [0.1, 0.15) is 6.29 Å². The van der Waals surface area contributed by atoms with Crippen molar-refractivity contribution in [3.63, 3.8) is 0 Å². The number of fused-ring (bicyclic) bond motifs is 3. The molecule has 1 fully saturated rings. The second kappa shape index (κ2) is 5.87. The number of benzene rings is 2. The van der Waals surface area contributed by atoms with E-state index in [1.165, 1.54) is 11.1 Å². The van der Waals surface area contributed by atoms with Crippen LogP contribution in [0.4, 0.5) is 0 Å². The fourth-order valence-corrected chi connectivity index (χ4v) is 4.10. The van der Waals surface area contributed by atoms with Crippen LogP contribution in [0.25, 0.3) is 0 Å². The normalized spacial score (nSPS) is 25.9. The molecule has 0 saturated carbocycles. The summed E-state index contributed by atoms with van der Waals surface area (Å²) in [6.45, 7) is 2.73. The third kappa shape index (κ3) is 2.18. The molecule has 0 N–H and O–H groups in total. The number of aldehydes is 1. The van der Waals surface area contributed by atoms with Gasteiger partial charge >= 0.3 is 0 Å². The first-order chi connectivity index (χ1) is 11.7. The average molecular weight is 320 g/mol. The van der Waals surface area contributed by atoms with Gasteiger partial charge in [-0.15, -0.1) is 0 Å². The summed E-state index contributed by atoms with van der Waals surface area (Å²) in [5.41, 5.74) is 3.12. The number of hydrazine groups is 1. The molecule has 4 nitrogen and oxygen atoms in total. The summed E-state index contributed by atoms with van der Waals surface area (Å²) < 4.78 is 0. The van der Waals surface area contributed by atoms with Crippen LogP contribution in [0.15, 0.2) is 54.6 Å². The summed E-state index contributed by atoms with van der Waals surface area (Å²) >= 11 is 0. The molecule has 0 aromatic heterocycles. The average Bonchev–Trinajstić information content (AvgIpc) is 2.93. The van der Waals surface area contributed by atoms with Crippen molar-refractivity contribution < 1.29 is 9.59 Å². The molecule has 2 aliphatic rings. The zero-order valence-electron chi connectivity index (χ0n) is 13.6. The lowest BCUT2D eigenvalue weighted by Crippen LogP contribution is -2.47. The van der Waals surface area contributed by atoms with Crippen molar-refractivity contribution >= 4 is 12.2 Å². The van der Waals surface area contributed by atoms with Crippen molar-refractivity contribution in [3.8, 4) is 0 Å². The van der Waals surface area contributed by atoms with Gasteiger partial charge in [0.2, 0.25) is 0 Å². The van der Waals surface area contributed by atoms with Crippen LogP contribution in [0.3, 0.4) is 0 Å². The highest BCUT2D eigenvalue weighted by atomic mass is 16.2. The fraction of sp³-hybridized carbons (Fsp3) is 0.300. The zero-order valence-corrected chi connectivity index (χ0v) is 13.6. The van der Waals surface area contributed by atoms with E-state index in [1.54, 1.807) is 5.01 Å². The molecule has 0 spiro atoms. The third-order valence-corrected chi connectivity index (χ3v) is 5.28. The molecular formula is C20H20N2O2. The molecular weight excluding hydrogens is 300 g/mol. The summed E-state index contributed by atoms with van der Waals surface area (Å²) in [6, 6.07) is 17.4. The molecule has 2 heterocycles. The van der Waals surface area contributed by atoms with Crippen molar-refractivity contribution in [2.45, 2.75) is 25.4 Å². The van der Waals surface area contributed by atoms with Crippen LogP contribution >= 0.6 is 0 Å². The van der Waals surface area contributed by atoms with Gasteiger partial charge in [-0.1, -0.05) is 42.5 Å². The van der Waals surface area contributed by atoms with Crippen LogP contribution in [0.2, 0.25) is 0 Å². The Kier molecular flexibility index (Phi) is 3.69. The minimum Gasteiger partial charge on any atom is -0.303 e. The van der Waals surface area contributed by atoms with Crippen LogP contribution in [0.5, 0.6) is 0 Å². The number of hydrogen-bond donors (Lipinski definition) is 0. The molecule has 2 aromatic carbocycles. The highest BCUT2D eigenvalue weighted by molar-refractivity contribution is 5.94. The Labute approximate surface area is 141 Å². The van der Waals surface area contributed by atoms with Gasteiger partial charge < -0.3 is 4.79 Å².